The number of aliphatic hydroxyl groups is 1. The number of halogens is 5. The van der Waals surface area contributed by atoms with Gasteiger partial charge in [-0.05, 0) is 0 Å². The Morgan fingerprint density at radius 3 is 2.33 bits per heavy atom. The molecule has 0 aliphatic carbocycles. The summed E-state index contributed by atoms with van der Waals surface area (Å²) in [7, 11) is 0. The van der Waals surface area contributed by atoms with E-state index in [1.165, 1.54) is 0 Å². The van der Waals surface area contributed by atoms with Crippen molar-refractivity contribution >= 4 is 5.91 Å². The Labute approximate surface area is 81.5 Å². The van der Waals surface area contributed by atoms with E-state index < -0.39 is 43.6 Å². The van der Waals surface area contributed by atoms with E-state index >= 15 is 0 Å². The summed E-state index contributed by atoms with van der Waals surface area (Å²) < 4.78 is 61.0. The average Bonchev–Trinajstić information content (AvgIpc) is 2.07. The first kappa shape index (κ1) is 12.2. The first-order valence-electron chi connectivity index (χ1n) is 4.06. The largest absolute Gasteiger partial charge is 0.471 e. The summed E-state index contributed by atoms with van der Waals surface area (Å²) in [5.41, 5.74) is 0. The zero-order valence-electron chi connectivity index (χ0n) is 7.39. The third-order valence-corrected chi connectivity index (χ3v) is 2.13. The van der Waals surface area contributed by atoms with Crippen LogP contribution in [0.25, 0.3) is 0 Å². The molecule has 3 nitrogen and oxygen atoms in total. The van der Waals surface area contributed by atoms with Gasteiger partial charge in [-0.1, -0.05) is 0 Å². The topological polar surface area (TPSA) is 40.5 Å². The molecule has 0 radical (unpaired) electrons. The van der Waals surface area contributed by atoms with Gasteiger partial charge in [0.1, 0.15) is 6.10 Å². The lowest BCUT2D eigenvalue weighted by molar-refractivity contribution is -0.199. The first-order chi connectivity index (χ1) is 6.64. The molecule has 1 aliphatic heterocycles. The molecule has 0 spiro atoms. The van der Waals surface area contributed by atoms with Crippen LogP contribution in [0.4, 0.5) is 22.0 Å². The summed E-state index contributed by atoms with van der Waals surface area (Å²) in [5, 5.41) is 8.81. The van der Waals surface area contributed by atoms with Crippen LogP contribution in [-0.4, -0.2) is 47.2 Å². The van der Waals surface area contributed by atoms with Crippen LogP contribution >= 0.6 is 0 Å². The zero-order chi connectivity index (χ0) is 11.9. The normalized spacial score (nSPS) is 26.5. The fourth-order valence-corrected chi connectivity index (χ4v) is 1.25. The molecule has 1 fully saturated rings. The Morgan fingerprint density at radius 1 is 1.40 bits per heavy atom. The summed E-state index contributed by atoms with van der Waals surface area (Å²) in [6.07, 6.45) is -8.29. The predicted octanol–water partition coefficient (Wildman–Crippen LogP) is 0.777. The maximum absolute atomic E-state index is 12.7. The standard InChI is InChI=1S/C7H8F5NO2/c8-6(9)1-2-13(3-4(6)14)5(15)7(10,11)12/h4,14H,1-3H2. The van der Waals surface area contributed by atoms with Gasteiger partial charge < -0.3 is 10.0 Å². The van der Waals surface area contributed by atoms with E-state index in [0.29, 0.717) is 0 Å². The van der Waals surface area contributed by atoms with Crippen molar-refractivity contribution in [2.24, 2.45) is 0 Å². The van der Waals surface area contributed by atoms with Crippen molar-refractivity contribution in [1.82, 2.24) is 4.90 Å². The molecule has 0 aromatic rings. The number of carbonyl (C=O) groups excluding carboxylic acids is 1. The Hall–Kier alpha value is -0.920. The van der Waals surface area contributed by atoms with Crippen LogP contribution in [0.3, 0.4) is 0 Å². The van der Waals surface area contributed by atoms with Crippen LogP contribution in [-0.2, 0) is 4.79 Å². The van der Waals surface area contributed by atoms with Gasteiger partial charge in [-0.2, -0.15) is 13.2 Å². The van der Waals surface area contributed by atoms with Crippen LogP contribution in [0.1, 0.15) is 6.42 Å². The minimum absolute atomic E-state index is 0.183. The lowest BCUT2D eigenvalue weighted by Gasteiger charge is -2.35. The lowest BCUT2D eigenvalue weighted by Crippen LogP contribution is -2.55. The molecule has 1 heterocycles. The van der Waals surface area contributed by atoms with E-state index in [-0.39, 0.29) is 4.90 Å². The third-order valence-electron chi connectivity index (χ3n) is 2.13. The number of nitrogens with zero attached hydrogens (tertiary/aromatic N) is 1. The van der Waals surface area contributed by atoms with Crippen molar-refractivity contribution in [2.45, 2.75) is 24.6 Å². The summed E-state index contributed by atoms with van der Waals surface area (Å²) in [4.78, 5) is 10.8. The van der Waals surface area contributed by atoms with Crippen LogP contribution in [0.15, 0.2) is 0 Å². The zero-order valence-corrected chi connectivity index (χ0v) is 7.39. The Kier molecular flexibility index (Phi) is 2.90. The second-order valence-corrected chi connectivity index (χ2v) is 3.28. The highest BCUT2D eigenvalue weighted by Crippen LogP contribution is 2.30. The molecule has 1 saturated heterocycles. The minimum atomic E-state index is -5.09. The molecule has 0 aromatic carbocycles. The maximum atomic E-state index is 12.7. The monoisotopic (exact) mass is 233 g/mol. The van der Waals surface area contributed by atoms with Gasteiger partial charge in [-0.25, -0.2) is 8.78 Å². The number of hydrogen-bond acceptors (Lipinski definition) is 2. The van der Waals surface area contributed by atoms with E-state index in [2.05, 4.69) is 0 Å². The van der Waals surface area contributed by atoms with E-state index in [1.807, 2.05) is 0 Å². The fourth-order valence-electron chi connectivity index (χ4n) is 1.25. The molecule has 0 saturated carbocycles. The van der Waals surface area contributed by atoms with Crippen molar-refractivity contribution in [1.29, 1.82) is 0 Å². The van der Waals surface area contributed by atoms with E-state index in [1.54, 1.807) is 0 Å². The van der Waals surface area contributed by atoms with E-state index in [4.69, 9.17) is 5.11 Å². The van der Waals surface area contributed by atoms with E-state index in [9.17, 15) is 26.7 Å². The molecule has 1 rings (SSSR count). The number of likely N-dealkylation sites (tertiary alicyclic amines) is 1. The smallest absolute Gasteiger partial charge is 0.385 e. The van der Waals surface area contributed by atoms with Gasteiger partial charge in [0.15, 0.2) is 0 Å². The summed E-state index contributed by atoms with van der Waals surface area (Å²) in [5.74, 6) is -5.63. The summed E-state index contributed by atoms with van der Waals surface area (Å²) >= 11 is 0. The third kappa shape index (κ3) is 2.55. The number of rotatable bonds is 0. The maximum Gasteiger partial charge on any atom is 0.471 e. The summed E-state index contributed by atoms with van der Waals surface area (Å²) in [6.45, 7) is -1.70. The second kappa shape index (κ2) is 3.58. The number of hydrogen-bond donors (Lipinski definition) is 1. The van der Waals surface area contributed by atoms with Gasteiger partial charge >= 0.3 is 12.1 Å². The van der Waals surface area contributed by atoms with E-state index in [0.717, 1.165) is 0 Å². The molecule has 1 atom stereocenters. The van der Waals surface area contributed by atoms with Gasteiger partial charge in [0.25, 0.3) is 5.92 Å². The van der Waals surface area contributed by atoms with Gasteiger partial charge in [-0.3, -0.25) is 4.79 Å². The Bertz CT molecular complexity index is 265. The number of piperidine rings is 1. The molecule has 1 unspecified atom stereocenters. The molecular formula is C7H8F5NO2. The Morgan fingerprint density at radius 2 is 1.93 bits per heavy atom. The highest BCUT2D eigenvalue weighted by atomic mass is 19.4. The number of carbonyl (C=O) groups is 1. The SMILES string of the molecule is O=C(N1CCC(F)(F)C(O)C1)C(F)(F)F. The molecule has 1 N–H and O–H groups in total. The van der Waals surface area contributed by atoms with Crippen molar-refractivity contribution in [3.63, 3.8) is 0 Å². The van der Waals surface area contributed by atoms with Crippen LogP contribution in [0, 0.1) is 0 Å². The van der Waals surface area contributed by atoms with Gasteiger partial charge in [0, 0.05) is 13.0 Å². The van der Waals surface area contributed by atoms with Gasteiger partial charge in [-0.15, -0.1) is 0 Å². The molecular weight excluding hydrogens is 225 g/mol. The average molecular weight is 233 g/mol. The van der Waals surface area contributed by atoms with Crippen LogP contribution in [0.2, 0.25) is 0 Å². The number of aliphatic hydroxyl groups excluding tert-OH is 1. The molecule has 0 aromatic heterocycles. The number of β-amino-alcohol motifs (C(OH)–C–C–N with tert-alkyl or cyclic N) is 1. The van der Waals surface area contributed by atoms with Gasteiger partial charge in [0.2, 0.25) is 0 Å². The fraction of sp³-hybridized carbons (Fsp3) is 0.857. The highest BCUT2D eigenvalue weighted by molar-refractivity contribution is 5.82. The van der Waals surface area contributed by atoms with Crippen molar-refractivity contribution in [2.75, 3.05) is 13.1 Å². The molecule has 15 heavy (non-hydrogen) atoms. The molecule has 88 valence electrons. The van der Waals surface area contributed by atoms with Crippen molar-refractivity contribution < 1.29 is 31.9 Å². The number of amides is 1. The van der Waals surface area contributed by atoms with Crippen LogP contribution in [0.5, 0.6) is 0 Å². The lowest BCUT2D eigenvalue weighted by atomic mass is 10.0. The quantitative estimate of drug-likeness (QED) is 0.628. The molecule has 1 amide bonds. The highest BCUT2D eigenvalue weighted by Gasteiger charge is 2.49. The van der Waals surface area contributed by atoms with Gasteiger partial charge in [0.05, 0.1) is 6.54 Å². The predicted molar refractivity (Wildman–Crippen MR) is 38.2 cm³/mol. The first-order valence-corrected chi connectivity index (χ1v) is 4.06. The van der Waals surface area contributed by atoms with Crippen LogP contribution < -0.4 is 0 Å². The molecule has 0 bridgehead atoms. The second-order valence-electron chi connectivity index (χ2n) is 3.28. The minimum Gasteiger partial charge on any atom is -0.385 e. The Balaban J connectivity index is 2.67. The van der Waals surface area contributed by atoms with Crippen molar-refractivity contribution in [3.8, 4) is 0 Å². The summed E-state index contributed by atoms with van der Waals surface area (Å²) in [6, 6.07) is 0. The van der Waals surface area contributed by atoms with Crippen molar-refractivity contribution in [3.05, 3.63) is 0 Å². The number of alkyl halides is 5. The molecule has 8 heteroatoms. The molecule has 1 aliphatic rings.